The molecule has 3 aromatic heterocycles. The van der Waals surface area contributed by atoms with Gasteiger partial charge < -0.3 is 25.3 Å². The molecule has 2 unspecified atom stereocenters. The number of hydrogen-bond donors (Lipinski definition) is 3. The van der Waals surface area contributed by atoms with Crippen molar-refractivity contribution in [2.24, 2.45) is 0 Å². The van der Waals surface area contributed by atoms with Gasteiger partial charge in [0, 0.05) is 49.6 Å². The van der Waals surface area contributed by atoms with Gasteiger partial charge >= 0.3 is 0 Å². The van der Waals surface area contributed by atoms with E-state index in [1.165, 1.54) is 12.8 Å². The van der Waals surface area contributed by atoms with Crippen LogP contribution in [-0.2, 0) is 9.59 Å². The molecule has 202 valence electrons. The van der Waals surface area contributed by atoms with Crippen molar-refractivity contribution >= 4 is 34.9 Å². The van der Waals surface area contributed by atoms with Crippen molar-refractivity contribution in [2.45, 2.75) is 56.5 Å². The lowest BCUT2D eigenvalue weighted by atomic mass is 10.0. The lowest BCUT2D eigenvalue weighted by Crippen LogP contribution is -2.54. The Morgan fingerprint density at radius 2 is 2.00 bits per heavy atom. The Labute approximate surface area is 221 Å². The fraction of sp³-hybridized carbons (Fsp3) is 0.577. The molecule has 2 amide bonds. The number of rotatable bonds is 8. The molecule has 12 nitrogen and oxygen atoms in total. The van der Waals surface area contributed by atoms with Crippen LogP contribution in [0.5, 0.6) is 0 Å². The average Bonchev–Trinajstić information content (AvgIpc) is 3.26. The van der Waals surface area contributed by atoms with Crippen molar-refractivity contribution in [3.8, 4) is 0 Å². The van der Waals surface area contributed by atoms with Gasteiger partial charge in [-0.1, -0.05) is 0 Å². The van der Waals surface area contributed by atoms with Crippen LogP contribution in [0.25, 0.3) is 5.52 Å². The number of carbonyl (C=O) groups excluding carboxylic acids is 2. The van der Waals surface area contributed by atoms with E-state index in [9.17, 15) is 9.59 Å². The summed E-state index contributed by atoms with van der Waals surface area (Å²) in [6, 6.07) is 5.54. The van der Waals surface area contributed by atoms with Gasteiger partial charge in [0.05, 0.1) is 6.54 Å². The number of likely N-dealkylation sites (N-methyl/N-ethyl adjacent to an activating group) is 1. The maximum Gasteiger partial charge on any atom is 0.246 e. The molecule has 2 saturated heterocycles. The van der Waals surface area contributed by atoms with Crippen molar-refractivity contribution < 1.29 is 9.59 Å². The number of carbonyl (C=O) groups is 2. The molecule has 38 heavy (non-hydrogen) atoms. The fourth-order valence-electron chi connectivity index (χ4n) is 5.53. The first-order chi connectivity index (χ1) is 18.4. The van der Waals surface area contributed by atoms with E-state index in [-0.39, 0.29) is 23.9 Å². The average molecular weight is 521 g/mol. The summed E-state index contributed by atoms with van der Waals surface area (Å²) in [6.45, 7) is 2.38. The topological polar surface area (TPSA) is 127 Å². The number of likely N-dealkylation sites (tertiary alicyclic amines) is 1. The smallest absolute Gasteiger partial charge is 0.246 e. The van der Waals surface area contributed by atoms with E-state index in [4.69, 9.17) is 10.1 Å². The second-order valence-corrected chi connectivity index (χ2v) is 11.0. The Morgan fingerprint density at radius 1 is 1.16 bits per heavy atom. The van der Waals surface area contributed by atoms with Gasteiger partial charge in [-0.3, -0.25) is 14.7 Å². The molecule has 2 aliphatic heterocycles. The van der Waals surface area contributed by atoms with Gasteiger partial charge in [0.25, 0.3) is 0 Å². The molecule has 3 aliphatic rings. The highest BCUT2D eigenvalue weighted by Crippen LogP contribution is 2.39. The monoisotopic (exact) mass is 520 g/mol. The third-order valence-electron chi connectivity index (χ3n) is 7.63. The van der Waals surface area contributed by atoms with Crippen molar-refractivity contribution in [3.05, 3.63) is 30.1 Å². The predicted octanol–water partition coefficient (Wildman–Crippen LogP) is 1.71. The minimum Gasteiger partial charge on any atom is -0.350 e. The van der Waals surface area contributed by atoms with Gasteiger partial charge in [0.1, 0.15) is 11.6 Å². The first-order valence-electron chi connectivity index (χ1n) is 13.6. The third kappa shape index (κ3) is 5.17. The molecule has 3 fully saturated rings. The summed E-state index contributed by atoms with van der Waals surface area (Å²) in [4.78, 5) is 36.6. The fourth-order valence-corrected chi connectivity index (χ4v) is 5.53. The van der Waals surface area contributed by atoms with Crippen LogP contribution in [-0.4, -0.2) is 98.8 Å². The molecule has 6 rings (SSSR count). The molecule has 0 bridgehead atoms. The van der Waals surface area contributed by atoms with Gasteiger partial charge in [-0.05, 0) is 64.8 Å². The SMILES string of the molecule is CN(C)CC(=O)N1CCCC(NC(=O)C2CCCN2c2nc(Nc3cc(C4CC4)[nH]n3)c3cccn3n2)C1. The van der Waals surface area contributed by atoms with Crippen LogP contribution in [0.1, 0.15) is 50.1 Å². The molecular formula is C26H36N10O2. The van der Waals surface area contributed by atoms with Crippen LogP contribution in [0, 0.1) is 0 Å². The molecule has 3 N–H and O–H groups in total. The van der Waals surface area contributed by atoms with Crippen molar-refractivity contribution in [3.63, 3.8) is 0 Å². The quantitative estimate of drug-likeness (QED) is 0.410. The first-order valence-corrected chi connectivity index (χ1v) is 13.6. The van der Waals surface area contributed by atoms with Crippen LogP contribution < -0.4 is 15.5 Å². The minimum absolute atomic E-state index is 0.0264. The van der Waals surface area contributed by atoms with Crippen LogP contribution in [0.4, 0.5) is 17.6 Å². The van der Waals surface area contributed by atoms with E-state index in [1.54, 1.807) is 4.52 Å². The minimum atomic E-state index is -0.351. The lowest BCUT2D eigenvalue weighted by Gasteiger charge is -2.35. The highest BCUT2D eigenvalue weighted by Gasteiger charge is 2.35. The predicted molar refractivity (Wildman–Crippen MR) is 143 cm³/mol. The number of piperidine rings is 1. The van der Waals surface area contributed by atoms with Crippen LogP contribution in [0.2, 0.25) is 0 Å². The Balaban J connectivity index is 1.17. The van der Waals surface area contributed by atoms with Gasteiger partial charge in [-0.25, -0.2) is 4.52 Å². The van der Waals surface area contributed by atoms with Gasteiger partial charge in [0.15, 0.2) is 11.6 Å². The number of anilines is 3. The number of aromatic amines is 1. The van der Waals surface area contributed by atoms with E-state index in [2.05, 4.69) is 20.8 Å². The van der Waals surface area contributed by atoms with Gasteiger partial charge in [0.2, 0.25) is 17.8 Å². The Morgan fingerprint density at radius 3 is 2.82 bits per heavy atom. The molecule has 0 spiro atoms. The van der Waals surface area contributed by atoms with Crippen molar-refractivity contribution in [1.29, 1.82) is 0 Å². The second kappa shape index (κ2) is 10.2. The number of amides is 2. The summed E-state index contributed by atoms with van der Waals surface area (Å²) in [7, 11) is 3.79. The third-order valence-corrected chi connectivity index (χ3v) is 7.63. The number of nitrogens with zero attached hydrogens (tertiary/aromatic N) is 7. The Bertz CT molecular complexity index is 1310. The molecule has 1 aliphatic carbocycles. The molecule has 12 heteroatoms. The first kappa shape index (κ1) is 24.7. The van der Waals surface area contributed by atoms with E-state index in [1.807, 2.05) is 53.2 Å². The molecule has 2 atom stereocenters. The number of H-pyrrole nitrogens is 1. The van der Waals surface area contributed by atoms with Crippen molar-refractivity contribution in [2.75, 3.05) is 50.5 Å². The number of nitrogens with one attached hydrogen (secondary N) is 3. The van der Waals surface area contributed by atoms with E-state index < -0.39 is 0 Å². The standard InChI is InChI=1S/C26H36N10O2/c1-33(2)16-23(37)34-11-3-6-18(15-34)27-25(38)21-8-4-12-35(21)26-29-24(20-7-5-13-36(20)32-26)28-22-14-19(30-31-22)17-9-10-17/h5,7,13-14,17-18,21H,3-4,6,8-12,15-16H2,1-2H3,(H,27,38)(H2,28,29,30,31,32). The van der Waals surface area contributed by atoms with Crippen LogP contribution in [0.15, 0.2) is 24.4 Å². The molecule has 3 aromatic rings. The van der Waals surface area contributed by atoms with Crippen molar-refractivity contribution in [1.82, 2.24) is 39.9 Å². The molecule has 5 heterocycles. The number of aromatic nitrogens is 5. The maximum atomic E-state index is 13.5. The summed E-state index contributed by atoms with van der Waals surface area (Å²) in [5, 5.41) is 18.9. The largest absolute Gasteiger partial charge is 0.350 e. The maximum absolute atomic E-state index is 13.5. The summed E-state index contributed by atoms with van der Waals surface area (Å²) in [5.74, 6) is 2.55. The summed E-state index contributed by atoms with van der Waals surface area (Å²) in [6.07, 6.45) is 7.67. The normalized spacial score (nSPS) is 21.9. The summed E-state index contributed by atoms with van der Waals surface area (Å²) in [5.41, 5.74) is 1.99. The molecule has 1 saturated carbocycles. The zero-order valence-corrected chi connectivity index (χ0v) is 22.1. The van der Waals surface area contributed by atoms with Gasteiger partial charge in [-0.2, -0.15) is 10.1 Å². The number of fused-ring (bicyclic) bond motifs is 1. The highest BCUT2D eigenvalue weighted by molar-refractivity contribution is 5.86. The van der Waals surface area contributed by atoms with E-state index in [0.29, 0.717) is 37.3 Å². The molecular weight excluding hydrogens is 484 g/mol. The zero-order valence-electron chi connectivity index (χ0n) is 22.1. The highest BCUT2D eigenvalue weighted by atomic mass is 16.2. The molecule has 0 aromatic carbocycles. The number of hydrogen-bond acceptors (Lipinski definition) is 8. The summed E-state index contributed by atoms with van der Waals surface area (Å²) >= 11 is 0. The Kier molecular flexibility index (Phi) is 6.64. The summed E-state index contributed by atoms with van der Waals surface area (Å²) < 4.78 is 1.79. The lowest BCUT2D eigenvalue weighted by molar-refractivity contribution is -0.134. The van der Waals surface area contributed by atoms with Gasteiger partial charge in [-0.15, -0.1) is 5.10 Å². The van der Waals surface area contributed by atoms with Crippen LogP contribution >= 0.6 is 0 Å². The van der Waals surface area contributed by atoms with E-state index >= 15 is 0 Å². The second-order valence-electron chi connectivity index (χ2n) is 11.0. The Hall–Kier alpha value is -3.67. The molecule has 0 radical (unpaired) electrons. The van der Waals surface area contributed by atoms with Crippen LogP contribution in [0.3, 0.4) is 0 Å². The van der Waals surface area contributed by atoms with E-state index in [0.717, 1.165) is 49.3 Å². The zero-order chi connectivity index (χ0) is 26.2.